The van der Waals surface area contributed by atoms with Crippen LogP contribution >= 0.6 is 24.0 Å². The van der Waals surface area contributed by atoms with Gasteiger partial charge < -0.3 is 19.9 Å². The van der Waals surface area contributed by atoms with Crippen molar-refractivity contribution in [1.82, 2.24) is 15.1 Å². The molecule has 1 aliphatic carbocycles. The highest BCUT2D eigenvalue weighted by molar-refractivity contribution is 14.0. The van der Waals surface area contributed by atoms with Crippen molar-refractivity contribution in [2.75, 3.05) is 26.2 Å². The maximum absolute atomic E-state index is 14.0. The number of hydrogen-bond donors (Lipinski definition) is 1. The number of amides is 1. The van der Waals surface area contributed by atoms with Gasteiger partial charge in [0.25, 0.3) is 0 Å². The van der Waals surface area contributed by atoms with Crippen molar-refractivity contribution in [2.45, 2.75) is 50.8 Å². The Balaban J connectivity index is 0.00000240. The number of nitrogens with zero attached hydrogens (tertiary/aromatic N) is 3. The molecule has 1 N–H and O–H groups in total. The van der Waals surface area contributed by atoms with Crippen LogP contribution in [0, 0.1) is 11.6 Å². The van der Waals surface area contributed by atoms with E-state index in [0.29, 0.717) is 32.6 Å². The van der Waals surface area contributed by atoms with E-state index >= 15 is 0 Å². The van der Waals surface area contributed by atoms with E-state index in [0.717, 1.165) is 5.96 Å². The molecule has 0 bridgehead atoms. The van der Waals surface area contributed by atoms with Gasteiger partial charge in [-0.3, -0.25) is 4.99 Å². The molecule has 4 rings (SSSR count). The van der Waals surface area contributed by atoms with Crippen LogP contribution in [-0.4, -0.2) is 65.7 Å². The molecule has 1 saturated heterocycles. The van der Waals surface area contributed by atoms with E-state index in [1.807, 2.05) is 20.8 Å². The molecule has 1 aromatic rings. The van der Waals surface area contributed by atoms with Gasteiger partial charge in [-0.05, 0) is 39.3 Å². The maximum Gasteiger partial charge on any atom is 0.410 e. The average Bonchev–Trinajstić information content (AvgIpc) is 3.23. The van der Waals surface area contributed by atoms with E-state index in [2.05, 4.69) is 15.2 Å². The monoisotopic (exact) mass is 520 g/mol. The van der Waals surface area contributed by atoms with Gasteiger partial charge in [-0.25, -0.2) is 13.6 Å². The highest BCUT2D eigenvalue weighted by Gasteiger charge is 2.45. The third-order valence-corrected chi connectivity index (χ3v) is 5.33. The summed E-state index contributed by atoms with van der Waals surface area (Å²) >= 11 is 0. The molecule has 2 aliphatic heterocycles. The zero-order valence-corrected chi connectivity index (χ0v) is 19.2. The van der Waals surface area contributed by atoms with Gasteiger partial charge in [-0.15, -0.1) is 24.0 Å². The largest absolute Gasteiger partial charge is 0.444 e. The quantitative estimate of drug-likeness (QED) is 0.609. The topological polar surface area (TPSA) is 57.2 Å². The van der Waals surface area contributed by atoms with Crippen molar-refractivity contribution < 1.29 is 18.3 Å². The lowest BCUT2D eigenvalue weighted by Crippen LogP contribution is -2.57. The predicted molar refractivity (Wildman–Crippen MR) is 117 cm³/mol. The molecule has 2 fully saturated rings. The molecule has 0 radical (unpaired) electrons. The van der Waals surface area contributed by atoms with Crippen LogP contribution in [0.4, 0.5) is 13.6 Å². The number of carbonyl (C=O) groups is 1. The van der Waals surface area contributed by atoms with Crippen LogP contribution in [0.3, 0.4) is 0 Å². The normalized spacial score (nSPS) is 25.7. The van der Waals surface area contributed by atoms with E-state index in [9.17, 15) is 13.6 Å². The van der Waals surface area contributed by atoms with Crippen molar-refractivity contribution in [3.8, 4) is 0 Å². The lowest BCUT2D eigenvalue weighted by molar-refractivity contribution is 0.0137. The molecule has 3 atom stereocenters. The van der Waals surface area contributed by atoms with Crippen LogP contribution in [-0.2, 0) is 4.74 Å². The highest BCUT2D eigenvalue weighted by Crippen LogP contribution is 2.43. The summed E-state index contributed by atoms with van der Waals surface area (Å²) in [6.45, 7) is 7.92. The number of benzene rings is 1. The number of nitrogens with one attached hydrogen (secondary N) is 1. The van der Waals surface area contributed by atoms with Gasteiger partial charge in [0.2, 0.25) is 0 Å². The summed E-state index contributed by atoms with van der Waals surface area (Å²) in [5.74, 6) is -0.401. The van der Waals surface area contributed by atoms with Crippen molar-refractivity contribution in [2.24, 2.45) is 4.99 Å². The van der Waals surface area contributed by atoms with E-state index in [4.69, 9.17) is 4.74 Å². The number of ether oxygens (including phenoxy) is 1. The van der Waals surface area contributed by atoms with Crippen molar-refractivity contribution in [1.29, 1.82) is 0 Å². The third-order valence-electron chi connectivity index (χ3n) is 5.33. The molecule has 0 spiro atoms. The molecular formula is C20H27F2IN4O2. The Bertz CT molecular complexity index is 794. The second-order valence-corrected chi connectivity index (χ2v) is 8.67. The standard InChI is InChI=1S/C20H26F2N4O2.HI/c1-20(2,3)28-19(27)25-7-8-26-12(11-25)10-23-18(26)24-16-9-13(16)17-14(21)5-4-6-15(17)22;/h4-6,12-13,16H,7-11H2,1-3H3,(H,23,24);1H. The summed E-state index contributed by atoms with van der Waals surface area (Å²) in [5, 5.41) is 3.35. The minimum absolute atomic E-state index is 0. The zero-order valence-electron chi connectivity index (χ0n) is 16.8. The van der Waals surface area contributed by atoms with Crippen LogP contribution in [0.1, 0.15) is 38.7 Å². The number of hydrogen-bond acceptors (Lipinski definition) is 5. The Labute approximate surface area is 186 Å². The summed E-state index contributed by atoms with van der Waals surface area (Å²) in [4.78, 5) is 20.7. The van der Waals surface area contributed by atoms with Gasteiger partial charge in [-0.1, -0.05) is 6.07 Å². The van der Waals surface area contributed by atoms with Gasteiger partial charge in [0.05, 0.1) is 12.6 Å². The number of halogens is 3. The first-order valence-corrected chi connectivity index (χ1v) is 9.72. The van der Waals surface area contributed by atoms with E-state index in [1.54, 1.807) is 4.90 Å². The zero-order chi connectivity index (χ0) is 20.1. The molecule has 1 saturated carbocycles. The van der Waals surface area contributed by atoms with Gasteiger partial charge in [0, 0.05) is 37.2 Å². The number of carbonyl (C=O) groups excluding carboxylic acids is 1. The average molecular weight is 520 g/mol. The van der Waals surface area contributed by atoms with E-state index in [1.165, 1.54) is 18.2 Å². The van der Waals surface area contributed by atoms with Gasteiger partial charge >= 0.3 is 6.09 Å². The number of fused-ring (bicyclic) bond motifs is 1. The second kappa shape index (κ2) is 8.23. The Morgan fingerprint density at radius 3 is 2.59 bits per heavy atom. The predicted octanol–water partition coefficient (Wildman–Crippen LogP) is 3.32. The summed E-state index contributed by atoms with van der Waals surface area (Å²) in [6.07, 6.45) is 0.380. The van der Waals surface area contributed by atoms with Gasteiger partial charge in [0.1, 0.15) is 17.2 Å². The molecule has 3 aliphatic rings. The SMILES string of the molecule is CC(C)(C)OC(=O)N1CCN2C(NC3CC3c3c(F)cccc3F)=NCC2C1.I. The minimum atomic E-state index is -0.518. The van der Waals surface area contributed by atoms with Gasteiger partial charge in [0.15, 0.2) is 5.96 Å². The third kappa shape index (κ3) is 4.75. The molecule has 0 aromatic heterocycles. The lowest BCUT2D eigenvalue weighted by Gasteiger charge is -2.39. The van der Waals surface area contributed by atoms with Crippen molar-refractivity contribution in [3.05, 3.63) is 35.4 Å². The maximum atomic E-state index is 14.0. The molecule has 29 heavy (non-hydrogen) atoms. The Morgan fingerprint density at radius 1 is 1.24 bits per heavy atom. The van der Waals surface area contributed by atoms with Crippen LogP contribution < -0.4 is 5.32 Å². The summed E-state index contributed by atoms with van der Waals surface area (Å²) in [5.41, 5.74) is -0.360. The van der Waals surface area contributed by atoms with Crippen LogP contribution in [0.25, 0.3) is 0 Å². The summed E-state index contributed by atoms with van der Waals surface area (Å²) in [6, 6.07) is 4.06. The molecule has 1 aromatic carbocycles. The molecule has 2 heterocycles. The first-order chi connectivity index (χ1) is 13.2. The fourth-order valence-corrected chi connectivity index (χ4v) is 3.90. The number of aliphatic imine (C=N–C) groups is 1. The molecule has 6 nitrogen and oxygen atoms in total. The van der Waals surface area contributed by atoms with Gasteiger partial charge in [-0.2, -0.15) is 0 Å². The second-order valence-electron chi connectivity index (χ2n) is 8.67. The fraction of sp³-hybridized carbons (Fsp3) is 0.600. The van der Waals surface area contributed by atoms with E-state index in [-0.39, 0.29) is 53.6 Å². The van der Waals surface area contributed by atoms with Crippen molar-refractivity contribution >= 4 is 36.0 Å². The smallest absolute Gasteiger partial charge is 0.410 e. The minimum Gasteiger partial charge on any atom is -0.444 e. The fourth-order valence-electron chi connectivity index (χ4n) is 3.90. The first-order valence-electron chi connectivity index (χ1n) is 9.72. The molecule has 1 amide bonds. The number of piperazine rings is 1. The number of guanidine groups is 1. The molecule has 3 unspecified atom stereocenters. The summed E-state index contributed by atoms with van der Waals surface area (Å²) in [7, 11) is 0. The highest BCUT2D eigenvalue weighted by atomic mass is 127. The van der Waals surface area contributed by atoms with Crippen LogP contribution in [0.2, 0.25) is 0 Å². The van der Waals surface area contributed by atoms with E-state index < -0.39 is 17.2 Å². The van der Waals surface area contributed by atoms with Crippen LogP contribution in [0.5, 0.6) is 0 Å². The molecular weight excluding hydrogens is 493 g/mol. The molecule has 160 valence electrons. The lowest BCUT2D eigenvalue weighted by atomic mass is 10.1. The summed E-state index contributed by atoms with van der Waals surface area (Å²) < 4.78 is 33.4. The Morgan fingerprint density at radius 2 is 1.93 bits per heavy atom. The first kappa shape index (κ1) is 22.0. The van der Waals surface area contributed by atoms with Crippen molar-refractivity contribution in [3.63, 3.8) is 0 Å². The molecule has 9 heteroatoms. The number of rotatable bonds is 2. The Hall–Kier alpha value is -1.65. The Kier molecular flexibility index (Phi) is 6.26. The van der Waals surface area contributed by atoms with Crippen LogP contribution in [0.15, 0.2) is 23.2 Å².